The summed E-state index contributed by atoms with van der Waals surface area (Å²) in [5.41, 5.74) is 1.99. The van der Waals surface area contributed by atoms with E-state index in [1.165, 1.54) is 5.56 Å². The number of carbonyl (C=O) groups is 1. The Hall–Kier alpha value is -1.25. The third-order valence-electron chi connectivity index (χ3n) is 3.09. The van der Waals surface area contributed by atoms with Crippen LogP contribution in [0.5, 0.6) is 0 Å². The van der Waals surface area contributed by atoms with Crippen molar-refractivity contribution in [3.05, 3.63) is 70.7 Å². The van der Waals surface area contributed by atoms with E-state index in [2.05, 4.69) is 6.92 Å². The molecule has 0 heterocycles. The Morgan fingerprint density at radius 2 is 1.75 bits per heavy atom. The van der Waals surface area contributed by atoms with Crippen LogP contribution < -0.4 is 0 Å². The highest BCUT2D eigenvalue weighted by molar-refractivity contribution is 7.99. The van der Waals surface area contributed by atoms with Gasteiger partial charge in [0, 0.05) is 16.3 Å². The van der Waals surface area contributed by atoms with Crippen LogP contribution in [0, 0.1) is 0 Å². The van der Waals surface area contributed by atoms with E-state index in [4.69, 9.17) is 11.6 Å². The first-order chi connectivity index (χ1) is 9.70. The molecule has 1 atom stereocenters. The zero-order valence-corrected chi connectivity index (χ0v) is 13.0. The molecule has 20 heavy (non-hydrogen) atoms. The summed E-state index contributed by atoms with van der Waals surface area (Å²) in [7, 11) is 0. The Bertz CT molecular complexity index is 551. The van der Waals surface area contributed by atoms with Gasteiger partial charge in [0.15, 0.2) is 5.78 Å². The maximum atomic E-state index is 12.4. The van der Waals surface area contributed by atoms with Crippen molar-refractivity contribution in [2.75, 3.05) is 0 Å². The molecular weight excluding hydrogens is 288 g/mol. The summed E-state index contributed by atoms with van der Waals surface area (Å²) in [6.45, 7) is 2.06. The highest BCUT2D eigenvalue weighted by Gasteiger charge is 2.18. The predicted molar refractivity (Wildman–Crippen MR) is 87.6 cm³/mol. The number of halogens is 1. The molecule has 0 saturated carbocycles. The Morgan fingerprint density at radius 1 is 1.10 bits per heavy atom. The molecule has 3 heteroatoms. The maximum Gasteiger partial charge on any atom is 0.175 e. The van der Waals surface area contributed by atoms with Gasteiger partial charge in [-0.1, -0.05) is 61.0 Å². The predicted octanol–water partition coefficient (Wildman–Crippen LogP) is 5.23. The summed E-state index contributed by atoms with van der Waals surface area (Å²) in [6, 6.07) is 17.3. The highest BCUT2D eigenvalue weighted by atomic mass is 35.5. The number of ketones is 1. The minimum atomic E-state index is 0.00748. The van der Waals surface area contributed by atoms with Gasteiger partial charge in [-0.3, -0.25) is 4.79 Å². The molecule has 1 nitrogen and oxygen atoms in total. The molecule has 0 spiro atoms. The van der Waals surface area contributed by atoms with Crippen molar-refractivity contribution >= 4 is 29.1 Å². The monoisotopic (exact) mass is 304 g/mol. The van der Waals surface area contributed by atoms with Gasteiger partial charge in [-0.05, 0) is 24.1 Å². The lowest BCUT2D eigenvalue weighted by atomic mass is 10.1. The van der Waals surface area contributed by atoms with E-state index in [0.29, 0.717) is 0 Å². The number of rotatable bonds is 6. The number of Topliss-reactive ketones (excluding diaryl/α,β-unsaturated/α-hetero) is 1. The molecule has 2 rings (SSSR count). The van der Waals surface area contributed by atoms with Crippen molar-refractivity contribution in [3.63, 3.8) is 0 Å². The van der Waals surface area contributed by atoms with Gasteiger partial charge in [0.25, 0.3) is 0 Å². The van der Waals surface area contributed by atoms with Crippen molar-refractivity contribution in [3.8, 4) is 0 Å². The smallest absolute Gasteiger partial charge is 0.175 e. The first-order valence-electron chi connectivity index (χ1n) is 6.66. The minimum Gasteiger partial charge on any atom is -0.293 e. The van der Waals surface area contributed by atoms with Crippen LogP contribution in [0.3, 0.4) is 0 Å². The van der Waals surface area contributed by atoms with Crippen LogP contribution in [0.2, 0.25) is 5.02 Å². The van der Waals surface area contributed by atoms with Gasteiger partial charge in [0.05, 0.1) is 5.25 Å². The van der Waals surface area contributed by atoms with Gasteiger partial charge in [-0.15, -0.1) is 11.8 Å². The molecule has 104 valence electrons. The van der Waals surface area contributed by atoms with Crippen molar-refractivity contribution in [1.29, 1.82) is 0 Å². The first-order valence-corrected chi connectivity index (χ1v) is 8.08. The fourth-order valence-electron chi connectivity index (χ4n) is 1.94. The minimum absolute atomic E-state index is 0.00748. The molecule has 0 amide bonds. The lowest BCUT2D eigenvalue weighted by molar-refractivity contribution is 0.0988. The molecule has 0 bridgehead atoms. The van der Waals surface area contributed by atoms with Crippen LogP contribution in [0.4, 0.5) is 0 Å². The normalized spacial score (nSPS) is 12.1. The number of hydrogen-bond acceptors (Lipinski definition) is 2. The molecule has 2 aromatic rings. The van der Waals surface area contributed by atoms with Gasteiger partial charge >= 0.3 is 0 Å². The lowest BCUT2D eigenvalue weighted by Gasteiger charge is -2.13. The van der Waals surface area contributed by atoms with Crippen LogP contribution in [0.1, 0.15) is 29.3 Å². The van der Waals surface area contributed by atoms with Gasteiger partial charge in [0.2, 0.25) is 0 Å². The van der Waals surface area contributed by atoms with E-state index in [1.807, 2.05) is 54.6 Å². The second kappa shape index (κ2) is 7.51. The van der Waals surface area contributed by atoms with Crippen LogP contribution in [0.15, 0.2) is 54.6 Å². The number of thioether (sulfide) groups is 1. The highest BCUT2D eigenvalue weighted by Crippen LogP contribution is 2.24. The van der Waals surface area contributed by atoms with Gasteiger partial charge in [-0.2, -0.15) is 0 Å². The molecular formula is C17H17ClOS. The summed E-state index contributed by atoms with van der Waals surface area (Å²) in [5, 5.41) is 0.749. The molecule has 0 aromatic heterocycles. The summed E-state index contributed by atoms with van der Waals surface area (Å²) in [4.78, 5) is 12.4. The van der Waals surface area contributed by atoms with E-state index in [1.54, 1.807) is 11.8 Å². The molecule has 0 aliphatic rings. The topological polar surface area (TPSA) is 17.1 Å². The van der Waals surface area contributed by atoms with Crippen molar-refractivity contribution in [1.82, 2.24) is 0 Å². The maximum absolute atomic E-state index is 12.4. The van der Waals surface area contributed by atoms with Gasteiger partial charge in [-0.25, -0.2) is 0 Å². The standard InChI is InChI=1S/C17H17ClOS/c1-2-16(17(19)14-6-4-3-5-7-14)20-12-13-8-10-15(18)11-9-13/h3-11,16H,2,12H2,1H3. The Morgan fingerprint density at radius 3 is 2.35 bits per heavy atom. The third-order valence-corrected chi connectivity index (χ3v) is 4.79. The Labute approximate surface area is 129 Å². The van der Waals surface area contributed by atoms with Gasteiger partial charge < -0.3 is 0 Å². The van der Waals surface area contributed by atoms with Crippen molar-refractivity contribution in [2.45, 2.75) is 24.3 Å². The number of benzene rings is 2. The molecule has 0 radical (unpaired) electrons. The lowest BCUT2D eigenvalue weighted by Crippen LogP contribution is -2.16. The molecule has 0 aliphatic heterocycles. The van der Waals surface area contributed by atoms with E-state index < -0.39 is 0 Å². The van der Waals surface area contributed by atoms with Crippen LogP contribution in [-0.2, 0) is 5.75 Å². The molecule has 2 aromatic carbocycles. The van der Waals surface area contributed by atoms with E-state index >= 15 is 0 Å². The molecule has 0 aliphatic carbocycles. The van der Waals surface area contributed by atoms with E-state index in [0.717, 1.165) is 22.8 Å². The average molecular weight is 305 g/mol. The summed E-state index contributed by atoms with van der Waals surface area (Å²) in [6.07, 6.45) is 0.839. The second-order valence-electron chi connectivity index (χ2n) is 4.56. The SMILES string of the molecule is CCC(SCc1ccc(Cl)cc1)C(=O)c1ccccc1. The van der Waals surface area contributed by atoms with E-state index in [9.17, 15) is 4.79 Å². The summed E-state index contributed by atoms with van der Waals surface area (Å²) in [5.74, 6) is 1.04. The molecule has 0 fully saturated rings. The van der Waals surface area contributed by atoms with Crippen LogP contribution >= 0.6 is 23.4 Å². The average Bonchev–Trinajstić information content (AvgIpc) is 2.50. The zero-order chi connectivity index (χ0) is 14.4. The van der Waals surface area contributed by atoms with Gasteiger partial charge in [0.1, 0.15) is 0 Å². The van der Waals surface area contributed by atoms with Crippen molar-refractivity contribution < 1.29 is 4.79 Å². The number of hydrogen-bond donors (Lipinski definition) is 0. The Balaban J connectivity index is 1.99. The molecule has 0 saturated heterocycles. The quantitative estimate of drug-likeness (QED) is 0.679. The fourth-order valence-corrected chi connectivity index (χ4v) is 3.18. The summed E-state index contributed by atoms with van der Waals surface area (Å²) < 4.78 is 0. The first kappa shape index (κ1) is 15.1. The second-order valence-corrected chi connectivity index (χ2v) is 6.19. The Kier molecular flexibility index (Phi) is 5.69. The van der Waals surface area contributed by atoms with E-state index in [-0.39, 0.29) is 11.0 Å². The molecule has 1 unspecified atom stereocenters. The summed E-state index contributed by atoms with van der Waals surface area (Å²) >= 11 is 7.56. The fraction of sp³-hybridized carbons (Fsp3) is 0.235. The number of carbonyl (C=O) groups excluding carboxylic acids is 1. The van der Waals surface area contributed by atoms with Crippen LogP contribution in [0.25, 0.3) is 0 Å². The molecule has 0 N–H and O–H groups in total. The van der Waals surface area contributed by atoms with Crippen LogP contribution in [-0.4, -0.2) is 11.0 Å². The third kappa shape index (κ3) is 4.12. The largest absolute Gasteiger partial charge is 0.293 e. The zero-order valence-electron chi connectivity index (χ0n) is 11.4. The van der Waals surface area contributed by atoms with Crippen molar-refractivity contribution in [2.24, 2.45) is 0 Å².